The van der Waals surface area contributed by atoms with E-state index in [1.807, 2.05) is 0 Å². The molecule has 4 heteroatoms. The number of para-hydroxylation sites is 2. The lowest BCUT2D eigenvalue weighted by atomic mass is 9.34. The summed E-state index contributed by atoms with van der Waals surface area (Å²) in [6.07, 6.45) is 0. The summed E-state index contributed by atoms with van der Waals surface area (Å²) in [5.41, 5.74) is 22.7. The van der Waals surface area contributed by atoms with E-state index < -0.39 is 0 Å². The third-order valence-corrected chi connectivity index (χ3v) is 11.6. The van der Waals surface area contributed by atoms with E-state index in [1.54, 1.807) is 0 Å². The van der Waals surface area contributed by atoms with Crippen LogP contribution in [0.25, 0.3) is 22.3 Å². The zero-order valence-electron chi connectivity index (χ0n) is 28.5. The van der Waals surface area contributed by atoms with Crippen LogP contribution in [0.1, 0.15) is 26.3 Å². The number of rotatable bonds is 2. The summed E-state index contributed by atoms with van der Waals surface area (Å²) >= 11 is 0. The summed E-state index contributed by atoms with van der Waals surface area (Å²) in [5, 5.41) is 0. The van der Waals surface area contributed by atoms with Crippen molar-refractivity contribution in [1.82, 2.24) is 0 Å². The zero-order valence-corrected chi connectivity index (χ0v) is 28.5. The van der Waals surface area contributed by atoms with Crippen LogP contribution in [0, 0.1) is 0 Å². The minimum absolute atomic E-state index is 0.000894. The summed E-state index contributed by atoms with van der Waals surface area (Å²) in [6, 6.07) is 57.2. The minimum atomic E-state index is 0.000894. The third-order valence-electron chi connectivity index (χ3n) is 11.6. The van der Waals surface area contributed by atoms with Gasteiger partial charge in [-0.15, -0.1) is 0 Å². The van der Waals surface area contributed by atoms with Gasteiger partial charge in [0, 0.05) is 34.1 Å². The lowest BCUT2D eigenvalue weighted by Crippen LogP contribution is -2.59. The Morgan fingerprint density at radius 2 is 0.860 bits per heavy atom. The molecular formula is C46H34B2N2. The molecule has 4 aliphatic heterocycles. The highest BCUT2D eigenvalue weighted by Gasteiger charge is 2.47. The molecule has 0 saturated carbocycles. The fourth-order valence-corrected chi connectivity index (χ4v) is 9.44. The molecule has 0 spiro atoms. The Balaban J connectivity index is 1.27. The van der Waals surface area contributed by atoms with Crippen LogP contribution in [0.5, 0.6) is 0 Å². The van der Waals surface area contributed by atoms with Gasteiger partial charge in [-0.05, 0) is 104 Å². The number of hydrogen-bond donors (Lipinski definition) is 0. The molecule has 2 nitrogen and oxygen atoms in total. The number of anilines is 6. The minimum Gasteiger partial charge on any atom is -0.312 e. The molecule has 7 aromatic carbocycles. The molecule has 4 heterocycles. The molecule has 234 valence electrons. The molecule has 0 N–H and O–H groups in total. The Morgan fingerprint density at radius 1 is 0.380 bits per heavy atom. The largest absolute Gasteiger partial charge is 0.312 e. The van der Waals surface area contributed by atoms with Crippen molar-refractivity contribution in [3.63, 3.8) is 0 Å². The third kappa shape index (κ3) is 3.66. The predicted molar refractivity (Wildman–Crippen MR) is 215 cm³/mol. The first-order chi connectivity index (χ1) is 24.5. The second-order valence-electron chi connectivity index (χ2n) is 15.3. The number of hydrogen-bond acceptors (Lipinski definition) is 2. The molecule has 0 aromatic heterocycles. The van der Waals surface area contributed by atoms with Gasteiger partial charge in [0.25, 0.3) is 0 Å². The Kier molecular flexibility index (Phi) is 5.58. The maximum Gasteiger partial charge on any atom is 0.248 e. The van der Waals surface area contributed by atoms with Gasteiger partial charge in [-0.25, -0.2) is 0 Å². The molecule has 0 unspecified atom stereocenters. The van der Waals surface area contributed by atoms with E-state index in [0.29, 0.717) is 0 Å². The van der Waals surface area contributed by atoms with E-state index >= 15 is 0 Å². The van der Waals surface area contributed by atoms with Gasteiger partial charge in [0.1, 0.15) is 0 Å². The van der Waals surface area contributed by atoms with Crippen molar-refractivity contribution in [2.75, 3.05) is 9.80 Å². The van der Waals surface area contributed by atoms with E-state index in [0.717, 1.165) is 0 Å². The van der Waals surface area contributed by atoms with Crippen LogP contribution in [0.3, 0.4) is 0 Å². The second kappa shape index (κ2) is 9.92. The quantitative estimate of drug-likeness (QED) is 0.181. The SMILES string of the molecule is CC(C)(C)c1cc2c3c(c1)N(c1ccccc1)c1cc4c(cc1B3c1ccccc1-2)N(c1ccccc1)c1cccc2c1B4c1ccccc1-2. The van der Waals surface area contributed by atoms with Crippen LogP contribution >= 0.6 is 0 Å². The normalized spacial score (nSPS) is 14.1. The molecule has 50 heavy (non-hydrogen) atoms. The van der Waals surface area contributed by atoms with Crippen LogP contribution in [0.15, 0.2) is 152 Å². The van der Waals surface area contributed by atoms with Gasteiger partial charge in [0.2, 0.25) is 13.4 Å². The molecule has 0 saturated heterocycles. The summed E-state index contributed by atoms with van der Waals surface area (Å²) in [5.74, 6) is 0. The van der Waals surface area contributed by atoms with Crippen molar-refractivity contribution in [2.24, 2.45) is 0 Å². The molecule has 0 amide bonds. The van der Waals surface area contributed by atoms with Gasteiger partial charge in [-0.2, -0.15) is 0 Å². The Hall–Kier alpha value is -5.73. The van der Waals surface area contributed by atoms with Gasteiger partial charge in [-0.3, -0.25) is 0 Å². The van der Waals surface area contributed by atoms with Crippen LogP contribution in [0.2, 0.25) is 0 Å². The van der Waals surface area contributed by atoms with Crippen LogP contribution in [-0.2, 0) is 5.41 Å². The summed E-state index contributed by atoms with van der Waals surface area (Å²) < 4.78 is 0. The van der Waals surface area contributed by atoms with Gasteiger partial charge in [0.05, 0.1) is 0 Å². The molecule has 0 aliphatic carbocycles. The topological polar surface area (TPSA) is 6.48 Å². The highest BCUT2D eigenvalue weighted by molar-refractivity contribution is 7.03. The van der Waals surface area contributed by atoms with E-state index in [9.17, 15) is 0 Å². The molecular weight excluding hydrogens is 602 g/mol. The first-order valence-corrected chi connectivity index (χ1v) is 17.9. The van der Waals surface area contributed by atoms with Crippen LogP contribution in [-0.4, -0.2) is 13.4 Å². The zero-order chi connectivity index (χ0) is 33.3. The lowest BCUT2D eigenvalue weighted by molar-refractivity contribution is 0.591. The van der Waals surface area contributed by atoms with Crippen molar-refractivity contribution in [2.45, 2.75) is 26.2 Å². The Morgan fingerprint density at radius 3 is 1.44 bits per heavy atom. The first-order valence-electron chi connectivity index (χ1n) is 17.9. The highest BCUT2D eigenvalue weighted by Crippen LogP contribution is 2.46. The van der Waals surface area contributed by atoms with Gasteiger partial charge < -0.3 is 9.80 Å². The first kappa shape index (κ1) is 28.1. The van der Waals surface area contributed by atoms with Crippen molar-refractivity contribution < 1.29 is 0 Å². The fraction of sp³-hybridized carbons (Fsp3) is 0.0870. The monoisotopic (exact) mass is 636 g/mol. The Bertz CT molecular complexity index is 2550. The molecule has 11 rings (SSSR count). The maximum atomic E-state index is 2.57. The van der Waals surface area contributed by atoms with E-state index in [2.05, 4.69) is 182 Å². The summed E-state index contributed by atoms with van der Waals surface area (Å²) in [6.45, 7) is 7.32. The fourth-order valence-electron chi connectivity index (χ4n) is 9.44. The van der Waals surface area contributed by atoms with Crippen molar-refractivity contribution >= 4 is 80.3 Å². The number of fused-ring (bicyclic) bond motifs is 10. The average molecular weight is 636 g/mol. The van der Waals surface area contributed by atoms with Crippen molar-refractivity contribution in [3.8, 4) is 22.3 Å². The smallest absolute Gasteiger partial charge is 0.248 e. The van der Waals surface area contributed by atoms with Gasteiger partial charge in [-0.1, -0.05) is 135 Å². The van der Waals surface area contributed by atoms with E-state index in [-0.39, 0.29) is 18.8 Å². The van der Waals surface area contributed by atoms with Gasteiger partial charge >= 0.3 is 0 Å². The molecule has 0 bridgehead atoms. The molecule has 7 aromatic rings. The number of benzene rings is 7. The van der Waals surface area contributed by atoms with Crippen LogP contribution in [0.4, 0.5) is 34.1 Å². The number of nitrogens with zero attached hydrogens (tertiary/aromatic N) is 2. The van der Waals surface area contributed by atoms with E-state index in [1.165, 1.54) is 94.7 Å². The van der Waals surface area contributed by atoms with Gasteiger partial charge in [0.15, 0.2) is 0 Å². The standard InChI is InChI=1S/C46H34B2N2/c1-46(2,3)29-25-35-33-20-11-13-23-37(33)48-39-27-41-38(28-42(39)50(43(26-29)45(35)48)31-17-8-5-9-18-31)47-36-22-12-10-19-32(36)34-21-14-24-40(44(34)47)49(41)30-15-6-4-7-16-30/h4-28H,1-3H3. The second-order valence-corrected chi connectivity index (χ2v) is 15.3. The summed E-state index contributed by atoms with van der Waals surface area (Å²) in [4.78, 5) is 5.10. The summed E-state index contributed by atoms with van der Waals surface area (Å²) in [7, 11) is 0. The van der Waals surface area contributed by atoms with Crippen molar-refractivity contribution in [3.05, 3.63) is 157 Å². The Labute approximate surface area is 294 Å². The highest BCUT2D eigenvalue weighted by atomic mass is 15.2. The predicted octanol–water partition coefficient (Wildman–Crippen LogP) is 7.54. The average Bonchev–Trinajstić information content (AvgIpc) is 3.67. The molecule has 4 aliphatic rings. The van der Waals surface area contributed by atoms with Crippen molar-refractivity contribution in [1.29, 1.82) is 0 Å². The van der Waals surface area contributed by atoms with Crippen LogP contribution < -0.4 is 42.6 Å². The molecule has 0 atom stereocenters. The maximum absolute atomic E-state index is 2.57. The molecule has 0 radical (unpaired) electrons. The lowest BCUT2D eigenvalue weighted by Gasteiger charge is -2.41. The van der Waals surface area contributed by atoms with E-state index in [4.69, 9.17) is 0 Å². The molecule has 0 fully saturated rings.